The average Bonchev–Trinajstić information content (AvgIpc) is 2.39. The first-order valence-electron chi connectivity index (χ1n) is 6.37. The third kappa shape index (κ3) is 3.02. The molecule has 0 aliphatic rings. The quantitative estimate of drug-likeness (QED) is 0.829. The van der Waals surface area contributed by atoms with E-state index in [1.165, 1.54) is 11.1 Å². The predicted octanol–water partition coefficient (Wildman–Crippen LogP) is 4.44. The van der Waals surface area contributed by atoms with Crippen LogP contribution in [-0.4, -0.2) is 10.2 Å². The normalized spacial score (nSPS) is 11.3. The molecule has 0 fully saturated rings. The minimum Gasteiger partial charge on any atom is -0.502 e. The molecule has 0 heterocycles. The largest absolute Gasteiger partial charge is 0.502 e. The van der Waals surface area contributed by atoms with Crippen LogP contribution >= 0.6 is 12.2 Å². The average molecular weight is 270 g/mol. The van der Waals surface area contributed by atoms with E-state index >= 15 is 0 Å². The van der Waals surface area contributed by atoms with Crippen molar-refractivity contribution >= 4 is 17.3 Å². The maximum Gasteiger partial charge on any atom is 0.160 e. The van der Waals surface area contributed by atoms with E-state index in [1.54, 1.807) is 0 Å². The molecule has 0 bridgehead atoms. The van der Waals surface area contributed by atoms with Crippen molar-refractivity contribution < 1.29 is 5.11 Å². The Morgan fingerprint density at radius 3 is 2.21 bits per heavy atom. The first kappa shape index (κ1) is 13.8. The highest BCUT2D eigenvalue weighted by Crippen LogP contribution is 2.33. The summed E-state index contributed by atoms with van der Waals surface area (Å²) in [4.78, 5) is 0. The molecule has 0 radical (unpaired) electrons. The highest BCUT2D eigenvalue weighted by atomic mass is 32.1. The van der Waals surface area contributed by atoms with Crippen LogP contribution in [0.4, 0.5) is 0 Å². The Morgan fingerprint density at radius 2 is 1.58 bits per heavy atom. The van der Waals surface area contributed by atoms with E-state index in [9.17, 15) is 5.11 Å². The van der Waals surface area contributed by atoms with Crippen molar-refractivity contribution in [2.45, 2.75) is 25.7 Å². The molecule has 0 amide bonds. The third-order valence-corrected chi connectivity index (χ3v) is 3.67. The molecule has 19 heavy (non-hydrogen) atoms. The van der Waals surface area contributed by atoms with E-state index in [1.807, 2.05) is 24.3 Å². The topological polar surface area (TPSA) is 20.2 Å². The predicted molar refractivity (Wildman–Crippen MR) is 83.9 cm³/mol. The summed E-state index contributed by atoms with van der Waals surface area (Å²) in [6.07, 6.45) is 0.432. The molecule has 2 heteroatoms. The zero-order chi connectivity index (χ0) is 13.9. The molecular formula is C17H18OS. The van der Waals surface area contributed by atoms with Gasteiger partial charge in [0.1, 0.15) is 0 Å². The number of hydrogen-bond donors (Lipinski definition) is 1. The molecule has 0 aliphatic carbocycles. The van der Waals surface area contributed by atoms with Crippen molar-refractivity contribution in [2.24, 2.45) is 0 Å². The van der Waals surface area contributed by atoms with Crippen LogP contribution in [0.15, 0.2) is 54.6 Å². The Balaban J connectivity index is 2.49. The van der Waals surface area contributed by atoms with Gasteiger partial charge in [0.25, 0.3) is 0 Å². The van der Waals surface area contributed by atoms with E-state index in [0.29, 0.717) is 6.42 Å². The zero-order valence-electron chi connectivity index (χ0n) is 11.3. The molecule has 0 aromatic heterocycles. The summed E-state index contributed by atoms with van der Waals surface area (Å²) in [6.45, 7) is 4.39. The van der Waals surface area contributed by atoms with E-state index in [2.05, 4.69) is 44.2 Å². The number of hydrogen-bond acceptors (Lipinski definition) is 1. The Hall–Kier alpha value is -1.67. The number of aliphatic hydroxyl groups excluding tert-OH is 1. The Labute approximate surface area is 119 Å². The van der Waals surface area contributed by atoms with Crippen molar-refractivity contribution in [1.82, 2.24) is 0 Å². The highest BCUT2D eigenvalue weighted by molar-refractivity contribution is 7.80. The van der Waals surface area contributed by atoms with Gasteiger partial charge in [-0.15, -0.1) is 0 Å². The van der Waals surface area contributed by atoms with Crippen LogP contribution in [0.3, 0.4) is 0 Å². The SMILES string of the molecule is CC(C)(c1ccccc1)c1ccccc1CC(O)=S. The number of thiocarbonyl (C=S) groups is 1. The lowest BCUT2D eigenvalue weighted by Crippen LogP contribution is -2.21. The summed E-state index contributed by atoms with van der Waals surface area (Å²) in [5.74, 6) is 0. The molecule has 0 unspecified atom stereocenters. The summed E-state index contributed by atoms with van der Waals surface area (Å²) in [7, 11) is 0. The molecule has 0 atom stereocenters. The summed E-state index contributed by atoms with van der Waals surface area (Å²) < 4.78 is 0. The van der Waals surface area contributed by atoms with Crippen LogP contribution in [-0.2, 0) is 11.8 Å². The van der Waals surface area contributed by atoms with Gasteiger partial charge >= 0.3 is 0 Å². The molecule has 0 aliphatic heterocycles. The van der Waals surface area contributed by atoms with Gasteiger partial charge in [-0.2, -0.15) is 0 Å². The van der Waals surface area contributed by atoms with Gasteiger partial charge in [-0.25, -0.2) is 0 Å². The molecule has 2 aromatic rings. The standard InChI is InChI=1S/C17H18OS/c1-17(2,14-9-4-3-5-10-14)15-11-7-6-8-13(15)12-16(18)19/h3-11H,12H2,1-2H3,(H,18,19). The fourth-order valence-corrected chi connectivity index (χ4v) is 2.61. The van der Waals surface area contributed by atoms with Crippen LogP contribution in [0.1, 0.15) is 30.5 Å². The van der Waals surface area contributed by atoms with Gasteiger partial charge in [-0.1, -0.05) is 68.4 Å². The van der Waals surface area contributed by atoms with Gasteiger partial charge in [-0.3, -0.25) is 0 Å². The minimum atomic E-state index is -0.108. The lowest BCUT2D eigenvalue weighted by atomic mass is 9.76. The lowest BCUT2D eigenvalue weighted by Gasteiger charge is -2.28. The zero-order valence-corrected chi connectivity index (χ0v) is 12.1. The number of aliphatic hydroxyl groups is 1. The van der Waals surface area contributed by atoms with Gasteiger partial charge in [0.15, 0.2) is 5.05 Å². The maximum absolute atomic E-state index is 9.40. The smallest absolute Gasteiger partial charge is 0.160 e. The van der Waals surface area contributed by atoms with Gasteiger partial charge in [0.2, 0.25) is 0 Å². The van der Waals surface area contributed by atoms with Gasteiger partial charge in [-0.05, 0) is 28.9 Å². The van der Waals surface area contributed by atoms with Crippen molar-refractivity contribution in [3.8, 4) is 0 Å². The van der Waals surface area contributed by atoms with Gasteiger partial charge < -0.3 is 5.11 Å². The highest BCUT2D eigenvalue weighted by Gasteiger charge is 2.25. The van der Waals surface area contributed by atoms with Crippen LogP contribution in [0.5, 0.6) is 0 Å². The van der Waals surface area contributed by atoms with Crippen molar-refractivity contribution in [3.05, 3.63) is 71.3 Å². The molecule has 0 saturated heterocycles. The van der Waals surface area contributed by atoms with Gasteiger partial charge in [0.05, 0.1) is 0 Å². The Morgan fingerprint density at radius 1 is 1.00 bits per heavy atom. The van der Waals surface area contributed by atoms with Crippen LogP contribution in [0, 0.1) is 0 Å². The minimum absolute atomic E-state index is 0.0383. The van der Waals surface area contributed by atoms with E-state index in [-0.39, 0.29) is 10.5 Å². The van der Waals surface area contributed by atoms with Crippen LogP contribution in [0.2, 0.25) is 0 Å². The van der Waals surface area contributed by atoms with Crippen LogP contribution < -0.4 is 0 Å². The maximum atomic E-state index is 9.40. The van der Waals surface area contributed by atoms with Crippen LogP contribution in [0.25, 0.3) is 0 Å². The van der Waals surface area contributed by atoms with E-state index in [4.69, 9.17) is 12.2 Å². The first-order chi connectivity index (χ1) is 9.01. The van der Waals surface area contributed by atoms with Crippen molar-refractivity contribution in [2.75, 3.05) is 0 Å². The molecule has 0 spiro atoms. The fourth-order valence-electron chi connectivity index (χ4n) is 2.46. The summed E-state index contributed by atoms with van der Waals surface area (Å²) >= 11 is 4.83. The third-order valence-electron chi connectivity index (χ3n) is 3.53. The monoisotopic (exact) mass is 270 g/mol. The second-order valence-corrected chi connectivity index (χ2v) is 5.69. The molecule has 2 aromatic carbocycles. The number of rotatable bonds is 4. The first-order valence-corrected chi connectivity index (χ1v) is 6.78. The fraction of sp³-hybridized carbons (Fsp3) is 0.235. The summed E-state index contributed by atoms with van der Waals surface area (Å²) in [5, 5.41) is 9.44. The number of benzene rings is 2. The Bertz CT molecular complexity index is 573. The van der Waals surface area contributed by atoms with Gasteiger partial charge in [0, 0.05) is 11.8 Å². The van der Waals surface area contributed by atoms with E-state index in [0.717, 1.165) is 5.56 Å². The molecule has 1 N–H and O–H groups in total. The van der Waals surface area contributed by atoms with E-state index < -0.39 is 0 Å². The molecule has 0 saturated carbocycles. The molecule has 2 rings (SSSR count). The second kappa shape index (κ2) is 5.54. The molecular weight excluding hydrogens is 252 g/mol. The molecule has 1 nitrogen and oxygen atoms in total. The van der Waals surface area contributed by atoms with Crippen molar-refractivity contribution in [3.63, 3.8) is 0 Å². The molecule has 98 valence electrons. The lowest BCUT2D eigenvalue weighted by molar-refractivity contribution is 0.553. The summed E-state index contributed by atoms with van der Waals surface area (Å²) in [5.41, 5.74) is 3.44. The Kier molecular flexibility index (Phi) is 4.01. The van der Waals surface area contributed by atoms with Crippen molar-refractivity contribution in [1.29, 1.82) is 0 Å². The second-order valence-electron chi connectivity index (χ2n) is 5.22. The summed E-state index contributed by atoms with van der Waals surface area (Å²) in [6, 6.07) is 18.6.